The summed E-state index contributed by atoms with van der Waals surface area (Å²) in [6, 6.07) is 8.60. The van der Waals surface area contributed by atoms with Crippen LogP contribution in [0.3, 0.4) is 0 Å². The number of alkyl halides is 3. The standard InChI is InChI=1S/C15H11Cl2F3/c1-2-9-7-10(15(18,19)20)3-5-12(9)13-8-11(16)4-6-14(13)17/h3-8H,2H2,1H3. The molecule has 0 atom stereocenters. The van der Waals surface area contributed by atoms with Crippen molar-refractivity contribution in [3.63, 3.8) is 0 Å². The molecule has 0 spiro atoms. The summed E-state index contributed by atoms with van der Waals surface area (Å²) in [5, 5.41) is 0.954. The van der Waals surface area contributed by atoms with Crippen LogP contribution >= 0.6 is 23.2 Å². The van der Waals surface area contributed by atoms with E-state index < -0.39 is 11.7 Å². The first kappa shape index (κ1) is 15.2. The van der Waals surface area contributed by atoms with E-state index in [0.717, 1.165) is 12.1 Å². The Hall–Kier alpha value is -1.19. The predicted octanol–water partition coefficient (Wildman–Crippen LogP) is 6.24. The van der Waals surface area contributed by atoms with Gasteiger partial charge in [0.15, 0.2) is 0 Å². The van der Waals surface area contributed by atoms with Crippen LogP contribution in [0.25, 0.3) is 11.1 Å². The second-order valence-corrected chi connectivity index (χ2v) is 5.19. The van der Waals surface area contributed by atoms with Gasteiger partial charge in [0, 0.05) is 15.6 Å². The lowest BCUT2D eigenvalue weighted by molar-refractivity contribution is -0.137. The highest BCUT2D eigenvalue weighted by Crippen LogP contribution is 2.36. The number of halogens is 5. The number of hydrogen-bond donors (Lipinski definition) is 0. The van der Waals surface area contributed by atoms with Crippen molar-refractivity contribution in [2.24, 2.45) is 0 Å². The van der Waals surface area contributed by atoms with Gasteiger partial charge in [-0.15, -0.1) is 0 Å². The van der Waals surface area contributed by atoms with E-state index >= 15 is 0 Å². The van der Waals surface area contributed by atoms with Crippen LogP contribution in [0, 0.1) is 0 Å². The topological polar surface area (TPSA) is 0 Å². The summed E-state index contributed by atoms with van der Waals surface area (Å²) < 4.78 is 38.2. The van der Waals surface area contributed by atoms with Crippen LogP contribution < -0.4 is 0 Å². The van der Waals surface area contributed by atoms with Crippen LogP contribution in [-0.2, 0) is 12.6 Å². The molecule has 106 valence electrons. The minimum atomic E-state index is -4.35. The molecule has 0 aromatic heterocycles. The predicted molar refractivity (Wildman–Crippen MR) is 76.3 cm³/mol. The number of benzene rings is 2. The fraction of sp³-hybridized carbons (Fsp3) is 0.200. The highest BCUT2D eigenvalue weighted by Gasteiger charge is 2.31. The number of hydrogen-bond acceptors (Lipinski definition) is 0. The Morgan fingerprint density at radius 3 is 2.25 bits per heavy atom. The van der Waals surface area contributed by atoms with Crippen molar-refractivity contribution >= 4 is 23.2 Å². The molecule has 0 N–H and O–H groups in total. The van der Waals surface area contributed by atoms with E-state index in [4.69, 9.17) is 23.2 Å². The van der Waals surface area contributed by atoms with Gasteiger partial charge < -0.3 is 0 Å². The fourth-order valence-electron chi connectivity index (χ4n) is 2.03. The smallest absolute Gasteiger partial charge is 0.166 e. The van der Waals surface area contributed by atoms with Gasteiger partial charge in [0.25, 0.3) is 0 Å². The largest absolute Gasteiger partial charge is 0.416 e. The zero-order valence-electron chi connectivity index (χ0n) is 10.6. The molecule has 0 saturated carbocycles. The molecule has 0 amide bonds. The fourth-order valence-corrected chi connectivity index (χ4v) is 2.42. The van der Waals surface area contributed by atoms with Gasteiger partial charge in [-0.3, -0.25) is 0 Å². The molecule has 0 saturated heterocycles. The Kier molecular flexibility index (Phi) is 4.31. The summed E-state index contributed by atoms with van der Waals surface area (Å²) in [4.78, 5) is 0. The summed E-state index contributed by atoms with van der Waals surface area (Å²) in [6.07, 6.45) is -3.87. The molecule has 0 aliphatic carbocycles. The van der Waals surface area contributed by atoms with Crippen molar-refractivity contribution in [1.29, 1.82) is 0 Å². The third-order valence-electron chi connectivity index (χ3n) is 3.03. The lowest BCUT2D eigenvalue weighted by atomic mass is 9.96. The molecule has 2 rings (SSSR count). The Balaban J connectivity index is 2.60. The number of rotatable bonds is 2. The zero-order valence-corrected chi connectivity index (χ0v) is 12.1. The maximum atomic E-state index is 12.7. The summed E-state index contributed by atoms with van der Waals surface area (Å²) in [5.74, 6) is 0. The molecule has 0 aliphatic heterocycles. The van der Waals surface area contributed by atoms with E-state index in [1.165, 1.54) is 6.07 Å². The van der Waals surface area contributed by atoms with Crippen LogP contribution in [-0.4, -0.2) is 0 Å². The first-order valence-electron chi connectivity index (χ1n) is 5.98. The van der Waals surface area contributed by atoms with Crippen LogP contribution in [0.15, 0.2) is 36.4 Å². The first-order chi connectivity index (χ1) is 9.32. The molecular formula is C15H11Cl2F3. The molecule has 0 bridgehead atoms. The molecule has 0 radical (unpaired) electrons. The average molecular weight is 319 g/mol. The molecule has 20 heavy (non-hydrogen) atoms. The SMILES string of the molecule is CCc1cc(C(F)(F)F)ccc1-c1cc(Cl)ccc1Cl. The molecule has 2 aromatic carbocycles. The minimum absolute atomic E-state index is 0.462. The Bertz CT molecular complexity index is 634. The van der Waals surface area contributed by atoms with Crippen molar-refractivity contribution in [3.05, 3.63) is 57.6 Å². The van der Waals surface area contributed by atoms with Gasteiger partial charge in [0.1, 0.15) is 0 Å². The van der Waals surface area contributed by atoms with Crippen LogP contribution in [0.2, 0.25) is 10.0 Å². The average Bonchev–Trinajstić information content (AvgIpc) is 2.40. The van der Waals surface area contributed by atoms with Crippen LogP contribution in [0.1, 0.15) is 18.1 Å². The summed E-state index contributed by atoms with van der Waals surface area (Å²) in [5.41, 5.74) is 1.25. The summed E-state index contributed by atoms with van der Waals surface area (Å²) in [6.45, 7) is 1.80. The van der Waals surface area contributed by atoms with E-state index in [2.05, 4.69) is 0 Å². The van der Waals surface area contributed by atoms with Gasteiger partial charge in [0.2, 0.25) is 0 Å². The lowest BCUT2D eigenvalue weighted by Gasteiger charge is -2.14. The molecule has 0 fully saturated rings. The van der Waals surface area contributed by atoms with Gasteiger partial charge in [-0.1, -0.05) is 36.2 Å². The van der Waals surface area contributed by atoms with Crippen molar-refractivity contribution in [3.8, 4) is 11.1 Å². The van der Waals surface area contributed by atoms with E-state index in [1.807, 2.05) is 0 Å². The van der Waals surface area contributed by atoms with Gasteiger partial charge in [-0.05, 0) is 47.9 Å². The lowest BCUT2D eigenvalue weighted by Crippen LogP contribution is -2.06. The second kappa shape index (κ2) is 5.66. The Morgan fingerprint density at radius 2 is 1.65 bits per heavy atom. The molecule has 0 unspecified atom stereocenters. The first-order valence-corrected chi connectivity index (χ1v) is 6.74. The summed E-state index contributed by atoms with van der Waals surface area (Å²) >= 11 is 12.0. The van der Waals surface area contributed by atoms with Crippen LogP contribution in [0.4, 0.5) is 13.2 Å². The maximum absolute atomic E-state index is 12.7. The van der Waals surface area contributed by atoms with E-state index in [-0.39, 0.29) is 0 Å². The number of aryl methyl sites for hydroxylation is 1. The van der Waals surface area contributed by atoms with Gasteiger partial charge in [-0.2, -0.15) is 13.2 Å². The van der Waals surface area contributed by atoms with Crippen molar-refractivity contribution < 1.29 is 13.2 Å². The van der Waals surface area contributed by atoms with Crippen molar-refractivity contribution in [1.82, 2.24) is 0 Å². The van der Waals surface area contributed by atoms with Crippen molar-refractivity contribution in [2.45, 2.75) is 19.5 Å². The molecule has 2 aromatic rings. The van der Waals surface area contributed by atoms with Crippen molar-refractivity contribution in [2.75, 3.05) is 0 Å². The zero-order chi connectivity index (χ0) is 14.9. The van der Waals surface area contributed by atoms with Gasteiger partial charge in [-0.25, -0.2) is 0 Å². The van der Waals surface area contributed by atoms with E-state index in [1.54, 1.807) is 25.1 Å². The highest BCUT2D eigenvalue weighted by molar-refractivity contribution is 6.35. The third-order valence-corrected chi connectivity index (χ3v) is 3.60. The Labute approximate surface area is 125 Å². The molecule has 0 aliphatic rings. The summed E-state index contributed by atoms with van der Waals surface area (Å²) in [7, 11) is 0. The quantitative estimate of drug-likeness (QED) is 0.614. The molecule has 5 heteroatoms. The maximum Gasteiger partial charge on any atom is 0.416 e. The van der Waals surface area contributed by atoms with E-state index in [9.17, 15) is 13.2 Å². The molecular weight excluding hydrogens is 308 g/mol. The molecule has 0 nitrogen and oxygen atoms in total. The second-order valence-electron chi connectivity index (χ2n) is 4.35. The minimum Gasteiger partial charge on any atom is -0.166 e. The highest BCUT2D eigenvalue weighted by atomic mass is 35.5. The van der Waals surface area contributed by atoms with Gasteiger partial charge >= 0.3 is 6.18 Å². The third kappa shape index (κ3) is 3.10. The Morgan fingerprint density at radius 1 is 0.950 bits per heavy atom. The van der Waals surface area contributed by atoms with Crippen LogP contribution in [0.5, 0.6) is 0 Å². The van der Waals surface area contributed by atoms with E-state index in [0.29, 0.717) is 33.2 Å². The monoisotopic (exact) mass is 318 g/mol. The normalized spacial score (nSPS) is 11.7. The molecule has 0 heterocycles. The van der Waals surface area contributed by atoms with Gasteiger partial charge in [0.05, 0.1) is 5.56 Å².